The Morgan fingerprint density at radius 2 is 2.00 bits per heavy atom. The molecule has 3 aromatic rings. The molecule has 0 amide bonds. The third-order valence-corrected chi connectivity index (χ3v) is 3.54. The summed E-state index contributed by atoms with van der Waals surface area (Å²) in [6.07, 6.45) is 1.65. The van der Waals surface area contributed by atoms with E-state index in [1.54, 1.807) is 18.3 Å². The topological polar surface area (TPSA) is 37.3 Å². The molecule has 0 fully saturated rings. The predicted octanol–water partition coefficient (Wildman–Crippen LogP) is 4.78. The monoisotopic (exact) mass is 313 g/mol. The van der Waals surface area contributed by atoms with Crippen molar-refractivity contribution in [1.82, 2.24) is 4.98 Å². The van der Waals surface area contributed by atoms with E-state index in [9.17, 15) is 4.39 Å². The Labute approximate surface area is 132 Å². The molecule has 0 saturated carbocycles. The van der Waals surface area contributed by atoms with Gasteiger partial charge in [0.2, 0.25) is 0 Å². The van der Waals surface area contributed by atoms with Gasteiger partial charge in [-0.25, -0.2) is 4.39 Å². The molecule has 1 N–H and O–H groups in total. The second kappa shape index (κ2) is 6.12. The lowest BCUT2D eigenvalue weighted by molar-refractivity contribution is 0.629. The van der Waals surface area contributed by atoms with Crippen molar-refractivity contribution in [3.63, 3.8) is 0 Å². The number of hydrogen-bond donors (Lipinski definition) is 1. The largest absolute Gasteiger partial charge is 0.278 e. The number of anilines is 1. The summed E-state index contributed by atoms with van der Waals surface area (Å²) in [4.78, 5) is 4.32. The SMILES string of the molecule is Cc1cc(N/N=C/c2ccccc2Cl)c2ccc(F)cc2n1. The Kier molecular flexibility index (Phi) is 4.02. The fourth-order valence-corrected chi connectivity index (χ4v) is 2.36. The first-order valence-corrected chi connectivity index (χ1v) is 7.12. The Morgan fingerprint density at radius 3 is 2.82 bits per heavy atom. The van der Waals surface area contributed by atoms with Crippen LogP contribution in [-0.2, 0) is 0 Å². The smallest absolute Gasteiger partial charge is 0.125 e. The number of nitrogens with one attached hydrogen (secondary N) is 1. The maximum atomic E-state index is 13.3. The highest BCUT2D eigenvalue weighted by atomic mass is 35.5. The van der Waals surface area contributed by atoms with Gasteiger partial charge in [-0.15, -0.1) is 0 Å². The van der Waals surface area contributed by atoms with Crippen LogP contribution in [0.5, 0.6) is 0 Å². The van der Waals surface area contributed by atoms with Gasteiger partial charge in [-0.1, -0.05) is 29.8 Å². The van der Waals surface area contributed by atoms with Gasteiger partial charge < -0.3 is 0 Å². The van der Waals surface area contributed by atoms with Crippen molar-refractivity contribution in [1.29, 1.82) is 0 Å². The van der Waals surface area contributed by atoms with Crippen molar-refractivity contribution < 1.29 is 4.39 Å². The van der Waals surface area contributed by atoms with Gasteiger partial charge in [-0.05, 0) is 31.2 Å². The first-order chi connectivity index (χ1) is 10.6. The number of rotatable bonds is 3. The highest BCUT2D eigenvalue weighted by Crippen LogP contribution is 2.24. The zero-order valence-electron chi connectivity index (χ0n) is 11.8. The maximum absolute atomic E-state index is 13.3. The van der Waals surface area contributed by atoms with Gasteiger partial charge in [-0.2, -0.15) is 5.10 Å². The Hall–Kier alpha value is -2.46. The standard InChI is InChI=1S/C17H13ClFN3/c1-11-8-17(14-7-6-13(19)9-16(14)21-11)22-20-10-12-4-2-3-5-15(12)18/h2-10H,1H3,(H,21,22)/b20-10+. The van der Waals surface area contributed by atoms with Crippen molar-refractivity contribution in [2.75, 3.05) is 5.43 Å². The molecule has 1 aromatic heterocycles. The van der Waals surface area contributed by atoms with Crippen molar-refractivity contribution in [3.8, 4) is 0 Å². The molecule has 0 aliphatic heterocycles. The second-order valence-corrected chi connectivity index (χ2v) is 5.27. The van der Waals surface area contributed by atoms with Crippen LogP contribution >= 0.6 is 11.6 Å². The van der Waals surface area contributed by atoms with Crippen LogP contribution in [0.25, 0.3) is 10.9 Å². The van der Waals surface area contributed by atoms with Crippen LogP contribution in [-0.4, -0.2) is 11.2 Å². The quantitative estimate of drug-likeness (QED) is 0.558. The number of hydrogen-bond acceptors (Lipinski definition) is 3. The van der Waals surface area contributed by atoms with E-state index in [0.717, 1.165) is 22.3 Å². The van der Waals surface area contributed by atoms with Crippen LogP contribution < -0.4 is 5.43 Å². The summed E-state index contributed by atoms with van der Waals surface area (Å²) >= 11 is 6.07. The average molecular weight is 314 g/mol. The molecule has 0 saturated heterocycles. The minimum atomic E-state index is -0.309. The van der Waals surface area contributed by atoms with E-state index in [0.29, 0.717) is 10.5 Å². The molecule has 0 radical (unpaired) electrons. The van der Waals surface area contributed by atoms with E-state index >= 15 is 0 Å². The van der Waals surface area contributed by atoms with Crippen LogP contribution in [0.1, 0.15) is 11.3 Å². The minimum Gasteiger partial charge on any atom is -0.278 e. The Bertz CT molecular complexity index is 856. The Balaban J connectivity index is 1.92. The minimum absolute atomic E-state index is 0.309. The molecular weight excluding hydrogens is 301 g/mol. The molecule has 3 rings (SSSR count). The number of fused-ring (bicyclic) bond motifs is 1. The summed E-state index contributed by atoms with van der Waals surface area (Å²) in [6, 6.07) is 13.8. The molecule has 0 aliphatic carbocycles. The zero-order chi connectivity index (χ0) is 15.5. The second-order valence-electron chi connectivity index (χ2n) is 4.86. The summed E-state index contributed by atoms with van der Waals surface area (Å²) in [7, 11) is 0. The van der Waals surface area contributed by atoms with Gasteiger partial charge in [-0.3, -0.25) is 10.4 Å². The van der Waals surface area contributed by atoms with Crippen LogP contribution in [0.2, 0.25) is 5.02 Å². The van der Waals surface area contributed by atoms with Gasteiger partial charge in [0.1, 0.15) is 5.82 Å². The third kappa shape index (κ3) is 3.07. The van der Waals surface area contributed by atoms with Gasteiger partial charge in [0.25, 0.3) is 0 Å². The van der Waals surface area contributed by atoms with Crippen LogP contribution in [0, 0.1) is 12.7 Å². The molecule has 22 heavy (non-hydrogen) atoms. The van der Waals surface area contributed by atoms with Crippen molar-refractivity contribution in [2.45, 2.75) is 6.92 Å². The van der Waals surface area contributed by atoms with E-state index in [4.69, 9.17) is 11.6 Å². The molecule has 0 spiro atoms. The lowest BCUT2D eigenvalue weighted by atomic mass is 10.1. The van der Waals surface area contributed by atoms with Crippen molar-refractivity contribution >= 4 is 34.4 Å². The number of pyridine rings is 1. The molecule has 2 aromatic carbocycles. The van der Waals surface area contributed by atoms with Crippen LogP contribution in [0.15, 0.2) is 53.6 Å². The van der Waals surface area contributed by atoms with Gasteiger partial charge >= 0.3 is 0 Å². The van der Waals surface area contributed by atoms with Crippen LogP contribution in [0.3, 0.4) is 0 Å². The van der Waals surface area contributed by atoms with Gasteiger partial charge in [0.15, 0.2) is 0 Å². The predicted molar refractivity (Wildman–Crippen MR) is 89.1 cm³/mol. The lowest BCUT2D eigenvalue weighted by Gasteiger charge is -2.07. The first-order valence-electron chi connectivity index (χ1n) is 6.74. The number of hydrazone groups is 1. The van der Waals surface area contributed by atoms with Gasteiger partial charge in [0.05, 0.1) is 17.4 Å². The number of nitrogens with zero attached hydrogens (tertiary/aromatic N) is 2. The fourth-order valence-electron chi connectivity index (χ4n) is 2.18. The molecule has 0 unspecified atom stereocenters. The zero-order valence-corrected chi connectivity index (χ0v) is 12.6. The lowest BCUT2D eigenvalue weighted by Crippen LogP contribution is -1.95. The third-order valence-electron chi connectivity index (χ3n) is 3.19. The van der Waals surface area contributed by atoms with E-state index in [-0.39, 0.29) is 5.82 Å². The summed E-state index contributed by atoms with van der Waals surface area (Å²) in [5.41, 5.74) is 5.94. The molecule has 110 valence electrons. The fraction of sp³-hybridized carbons (Fsp3) is 0.0588. The van der Waals surface area contributed by atoms with Gasteiger partial charge in [0, 0.05) is 27.7 Å². The normalized spacial score (nSPS) is 11.2. The maximum Gasteiger partial charge on any atom is 0.125 e. The molecule has 3 nitrogen and oxygen atoms in total. The number of halogens is 2. The highest BCUT2D eigenvalue weighted by molar-refractivity contribution is 6.33. The molecule has 1 heterocycles. The van der Waals surface area contributed by atoms with E-state index in [1.807, 2.05) is 31.2 Å². The highest BCUT2D eigenvalue weighted by Gasteiger charge is 2.04. The van der Waals surface area contributed by atoms with Crippen LogP contribution in [0.4, 0.5) is 10.1 Å². The average Bonchev–Trinajstić information content (AvgIpc) is 2.48. The Morgan fingerprint density at radius 1 is 1.18 bits per heavy atom. The summed E-state index contributed by atoms with van der Waals surface area (Å²) in [5, 5.41) is 5.64. The van der Waals surface area contributed by atoms with E-state index in [2.05, 4.69) is 15.5 Å². The number of aryl methyl sites for hydroxylation is 1. The molecular formula is C17H13ClFN3. The summed E-state index contributed by atoms with van der Waals surface area (Å²) < 4.78 is 13.3. The molecule has 0 aliphatic rings. The summed E-state index contributed by atoms with van der Waals surface area (Å²) in [6.45, 7) is 1.85. The number of benzene rings is 2. The van der Waals surface area contributed by atoms with E-state index < -0.39 is 0 Å². The van der Waals surface area contributed by atoms with E-state index in [1.165, 1.54) is 12.1 Å². The number of aromatic nitrogens is 1. The van der Waals surface area contributed by atoms with Crippen molar-refractivity contribution in [2.24, 2.45) is 5.10 Å². The first kappa shape index (κ1) is 14.5. The molecule has 0 atom stereocenters. The van der Waals surface area contributed by atoms with Crippen molar-refractivity contribution in [3.05, 3.63) is 70.6 Å². The molecule has 0 bridgehead atoms. The molecule has 5 heteroatoms. The summed E-state index contributed by atoms with van der Waals surface area (Å²) in [5.74, 6) is -0.309.